The summed E-state index contributed by atoms with van der Waals surface area (Å²) in [6.07, 6.45) is 3.76. The molecule has 1 aromatic heterocycles. The Morgan fingerprint density at radius 3 is 3.00 bits per heavy atom. The van der Waals surface area contributed by atoms with Gasteiger partial charge in [0.1, 0.15) is 5.69 Å². The molecule has 4 nitrogen and oxygen atoms in total. The molecule has 5 heteroatoms. The zero-order valence-electron chi connectivity index (χ0n) is 8.36. The van der Waals surface area contributed by atoms with Crippen molar-refractivity contribution >= 4 is 17.5 Å². The Labute approximate surface area is 87.1 Å². The topological polar surface area (TPSA) is 47.8 Å². The second-order valence-electron chi connectivity index (χ2n) is 3.79. The third-order valence-corrected chi connectivity index (χ3v) is 4.05. The second kappa shape index (κ2) is 3.38. The van der Waals surface area contributed by atoms with Crippen molar-refractivity contribution in [3.05, 3.63) is 11.9 Å². The number of hydrogen-bond donors (Lipinski definition) is 0. The number of aryl methyl sites for hydroxylation is 1. The lowest BCUT2D eigenvalue weighted by Crippen LogP contribution is -2.29. The first-order valence-electron chi connectivity index (χ1n) is 4.67. The summed E-state index contributed by atoms with van der Waals surface area (Å²) in [6, 6.07) is 0. The summed E-state index contributed by atoms with van der Waals surface area (Å²) in [5, 5.41) is 7.63. The number of carbonyl (C=O) groups is 1. The van der Waals surface area contributed by atoms with Crippen molar-refractivity contribution in [2.45, 2.75) is 24.5 Å². The summed E-state index contributed by atoms with van der Waals surface area (Å²) in [5.74, 6) is 1.19. The van der Waals surface area contributed by atoms with Crippen molar-refractivity contribution in [3.8, 4) is 0 Å². The normalized spacial score (nSPS) is 26.7. The molecule has 0 saturated carbocycles. The van der Waals surface area contributed by atoms with Crippen LogP contribution in [0.3, 0.4) is 0 Å². The van der Waals surface area contributed by atoms with Gasteiger partial charge in [0, 0.05) is 7.05 Å². The Morgan fingerprint density at radius 1 is 1.71 bits per heavy atom. The quantitative estimate of drug-likeness (QED) is 0.691. The maximum Gasteiger partial charge on any atom is 0.200 e. The first kappa shape index (κ1) is 9.71. The predicted molar refractivity (Wildman–Crippen MR) is 55.4 cm³/mol. The van der Waals surface area contributed by atoms with Gasteiger partial charge in [0.05, 0.1) is 10.9 Å². The smallest absolute Gasteiger partial charge is 0.200 e. The second-order valence-corrected chi connectivity index (χ2v) is 5.39. The van der Waals surface area contributed by atoms with Gasteiger partial charge in [0.15, 0.2) is 5.78 Å². The number of ketones is 1. The van der Waals surface area contributed by atoms with Crippen molar-refractivity contribution in [1.29, 1.82) is 0 Å². The van der Waals surface area contributed by atoms with E-state index in [1.165, 1.54) is 0 Å². The summed E-state index contributed by atoms with van der Waals surface area (Å²) in [6.45, 7) is 2.00. The van der Waals surface area contributed by atoms with Crippen LogP contribution in [-0.2, 0) is 7.05 Å². The SMILES string of the molecule is Cn1cc(C(=O)C2(C)CCCS2)nn1. The lowest BCUT2D eigenvalue weighted by molar-refractivity contribution is 0.0944. The molecule has 0 radical (unpaired) electrons. The first-order chi connectivity index (χ1) is 6.62. The van der Waals surface area contributed by atoms with Crippen LogP contribution in [0.25, 0.3) is 0 Å². The van der Waals surface area contributed by atoms with Crippen molar-refractivity contribution in [2.24, 2.45) is 7.05 Å². The molecule has 0 aromatic carbocycles. The molecule has 1 aliphatic rings. The van der Waals surface area contributed by atoms with Gasteiger partial charge >= 0.3 is 0 Å². The lowest BCUT2D eigenvalue weighted by Gasteiger charge is -2.18. The fourth-order valence-corrected chi connectivity index (χ4v) is 2.94. The molecule has 1 saturated heterocycles. The van der Waals surface area contributed by atoms with Crippen molar-refractivity contribution in [1.82, 2.24) is 15.0 Å². The number of thioether (sulfide) groups is 1. The molecule has 0 N–H and O–H groups in total. The van der Waals surface area contributed by atoms with E-state index in [1.807, 2.05) is 6.92 Å². The van der Waals surface area contributed by atoms with E-state index < -0.39 is 0 Å². The zero-order chi connectivity index (χ0) is 10.2. The summed E-state index contributed by atoms with van der Waals surface area (Å²) < 4.78 is 1.30. The summed E-state index contributed by atoms with van der Waals surface area (Å²) in [7, 11) is 1.77. The van der Waals surface area contributed by atoms with Crippen LogP contribution < -0.4 is 0 Å². The molecule has 76 valence electrons. The average Bonchev–Trinajstić information content (AvgIpc) is 2.74. The van der Waals surface area contributed by atoms with Crippen molar-refractivity contribution in [3.63, 3.8) is 0 Å². The number of aromatic nitrogens is 3. The van der Waals surface area contributed by atoms with Crippen LogP contribution in [-0.4, -0.2) is 31.3 Å². The van der Waals surface area contributed by atoms with Crippen molar-refractivity contribution in [2.75, 3.05) is 5.75 Å². The van der Waals surface area contributed by atoms with Gasteiger partial charge in [-0.25, -0.2) is 0 Å². The number of rotatable bonds is 2. The van der Waals surface area contributed by atoms with Gasteiger partial charge in [0.2, 0.25) is 0 Å². The highest BCUT2D eigenvalue weighted by Crippen LogP contribution is 2.39. The number of nitrogens with zero attached hydrogens (tertiary/aromatic N) is 3. The standard InChI is InChI=1S/C9H13N3OS/c1-9(4-3-5-14-9)8(13)7-6-12(2)11-10-7/h6H,3-5H2,1-2H3. The lowest BCUT2D eigenvalue weighted by atomic mass is 9.98. The van der Waals surface area contributed by atoms with Gasteiger partial charge in [-0.15, -0.1) is 16.9 Å². The molecule has 1 fully saturated rings. The number of carbonyl (C=O) groups excluding carboxylic acids is 1. The fourth-order valence-electron chi connectivity index (χ4n) is 1.68. The Bertz CT molecular complexity index is 355. The highest BCUT2D eigenvalue weighted by Gasteiger charge is 2.38. The van der Waals surface area contributed by atoms with E-state index in [4.69, 9.17) is 0 Å². The van der Waals surface area contributed by atoms with E-state index in [2.05, 4.69) is 10.3 Å². The fraction of sp³-hybridized carbons (Fsp3) is 0.667. The van der Waals surface area contributed by atoms with E-state index >= 15 is 0 Å². The van der Waals surface area contributed by atoms with Crippen molar-refractivity contribution < 1.29 is 4.79 Å². The third kappa shape index (κ3) is 1.56. The molecule has 0 spiro atoms. The van der Waals surface area contributed by atoms with E-state index in [1.54, 1.807) is 29.7 Å². The monoisotopic (exact) mass is 211 g/mol. The minimum atomic E-state index is -0.268. The minimum Gasteiger partial charge on any atom is -0.291 e. The van der Waals surface area contributed by atoms with Crippen LogP contribution in [0.2, 0.25) is 0 Å². The maximum atomic E-state index is 12.0. The Balaban J connectivity index is 2.23. The Morgan fingerprint density at radius 2 is 2.50 bits per heavy atom. The van der Waals surface area contributed by atoms with E-state index in [0.717, 1.165) is 18.6 Å². The summed E-state index contributed by atoms with van der Waals surface area (Å²) in [5.41, 5.74) is 0.490. The molecule has 14 heavy (non-hydrogen) atoms. The highest BCUT2D eigenvalue weighted by molar-refractivity contribution is 8.01. The van der Waals surface area contributed by atoms with Crippen LogP contribution >= 0.6 is 11.8 Å². The van der Waals surface area contributed by atoms with Gasteiger partial charge in [-0.05, 0) is 25.5 Å². The number of hydrogen-bond acceptors (Lipinski definition) is 4. The van der Waals surface area contributed by atoms with Crippen LogP contribution in [0, 0.1) is 0 Å². The molecule has 1 aliphatic heterocycles. The maximum absolute atomic E-state index is 12.0. The predicted octanol–water partition coefficient (Wildman–Crippen LogP) is 1.28. The third-order valence-electron chi connectivity index (χ3n) is 2.53. The van der Waals surface area contributed by atoms with E-state index in [-0.39, 0.29) is 10.5 Å². The van der Waals surface area contributed by atoms with Crippen LogP contribution in [0.4, 0.5) is 0 Å². The molecule has 0 aliphatic carbocycles. The molecule has 1 unspecified atom stereocenters. The highest BCUT2D eigenvalue weighted by atomic mass is 32.2. The molecule has 1 aromatic rings. The van der Waals surface area contributed by atoms with Gasteiger partial charge < -0.3 is 0 Å². The number of Topliss-reactive ketones (excluding diaryl/α,β-unsaturated/α-hetero) is 1. The van der Waals surface area contributed by atoms with Gasteiger partial charge in [-0.2, -0.15) is 0 Å². The molecule has 0 bridgehead atoms. The zero-order valence-corrected chi connectivity index (χ0v) is 9.17. The summed E-state index contributed by atoms with van der Waals surface area (Å²) >= 11 is 1.73. The molecule has 2 heterocycles. The van der Waals surface area contributed by atoms with Crippen LogP contribution in [0.5, 0.6) is 0 Å². The van der Waals surface area contributed by atoms with E-state index in [9.17, 15) is 4.79 Å². The molecule has 1 atom stereocenters. The van der Waals surface area contributed by atoms with Gasteiger partial charge in [0.25, 0.3) is 0 Å². The van der Waals surface area contributed by atoms with Gasteiger partial charge in [-0.1, -0.05) is 5.21 Å². The molecular weight excluding hydrogens is 198 g/mol. The molecular formula is C9H13N3OS. The van der Waals surface area contributed by atoms with Gasteiger partial charge in [-0.3, -0.25) is 9.48 Å². The summed E-state index contributed by atoms with van der Waals surface area (Å²) in [4.78, 5) is 12.0. The molecule has 2 rings (SSSR count). The van der Waals surface area contributed by atoms with Crippen LogP contribution in [0.15, 0.2) is 6.20 Å². The van der Waals surface area contributed by atoms with E-state index in [0.29, 0.717) is 5.69 Å². The van der Waals surface area contributed by atoms with Crippen LogP contribution in [0.1, 0.15) is 30.3 Å². The average molecular weight is 211 g/mol. The first-order valence-corrected chi connectivity index (χ1v) is 5.65. The molecule has 0 amide bonds. The minimum absolute atomic E-state index is 0.119. The Hall–Kier alpha value is -0.840. The largest absolute Gasteiger partial charge is 0.291 e. The Kier molecular flexibility index (Phi) is 2.34.